The molecule has 4 nitrogen and oxygen atoms in total. The van der Waals surface area contributed by atoms with Crippen molar-refractivity contribution in [3.8, 4) is 0 Å². The number of rotatable bonds is 4. The number of pyridine rings is 1. The van der Waals surface area contributed by atoms with Gasteiger partial charge in [-0.25, -0.2) is 4.79 Å². The van der Waals surface area contributed by atoms with E-state index in [4.69, 9.17) is 4.74 Å². The van der Waals surface area contributed by atoms with Crippen LogP contribution in [-0.2, 0) is 10.9 Å². The summed E-state index contributed by atoms with van der Waals surface area (Å²) in [5.74, 6) is -0.610. The van der Waals surface area contributed by atoms with Crippen molar-refractivity contribution in [1.82, 2.24) is 4.98 Å². The molecule has 0 amide bonds. The Balaban J connectivity index is 2.23. The Bertz CT molecular complexity index is 992. The van der Waals surface area contributed by atoms with Gasteiger partial charge < -0.3 is 10.1 Å². The third-order valence-electron chi connectivity index (χ3n) is 3.80. The first-order valence-electron chi connectivity index (χ1n) is 8.00. The lowest BCUT2D eigenvalue weighted by Crippen LogP contribution is -2.10. The number of carbonyl (C=O) groups excluding carboxylic acids is 1. The second-order valence-electron chi connectivity index (χ2n) is 5.61. The zero-order chi connectivity index (χ0) is 19.6. The monoisotopic (exact) mass is 438 g/mol. The molecule has 0 saturated heterocycles. The highest BCUT2D eigenvalue weighted by Gasteiger charge is 2.34. The van der Waals surface area contributed by atoms with Gasteiger partial charge in [-0.15, -0.1) is 0 Å². The third kappa shape index (κ3) is 4.05. The van der Waals surface area contributed by atoms with Crippen LogP contribution in [-0.4, -0.2) is 17.6 Å². The number of hydrogen-bond acceptors (Lipinski definition) is 4. The van der Waals surface area contributed by atoms with Gasteiger partial charge in [0.15, 0.2) is 0 Å². The van der Waals surface area contributed by atoms with E-state index in [0.29, 0.717) is 16.8 Å². The highest BCUT2D eigenvalue weighted by atomic mass is 79.9. The van der Waals surface area contributed by atoms with E-state index >= 15 is 0 Å². The van der Waals surface area contributed by atoms with E-state index in [1.165, 1.54) is 12.3 Å². The average molecular weight is 439 g/mol. The Hall–Kier alpha value is -2.61. The first-order chi connectivity index (χ1) is 12.8. The predicted molar refractivity (Wildman–Crippen MR) is 100 cm³/mol. The van der Waals surface area contributed by atoms with Crippen LogP contribution in [0.15, 0.2) is 53.1 Å². The number of halogens is 4. The van der Waals surface area contributed by atoms with Crippen LogP contribution in [0.25, 0.3) is 10.9 Å². The van der Waals surface area contributed by atoms with Crippen molar-refractivity contribution in [1.29, 1.82) is 0 Å². The summed E-state index contributed by atoms with van der Waals surface area (Å²) < 4.78 is 44.5. The summed E-state index contributed by atoms with van der Waals surface area (Å²) in [5, 5.41) is 3.46. The van der Waals surface area contributed by atoms with E-state index in [-0.39, 0.29) is 22.2 Å². The predicted octanol–water partition coefficient (Wildman–Crippen LogP) is 5.94. The molecule has 3 aromatic rings. The van der Waals surface area contributed by atoms with E-state index in [0.717, 1.165) is 6.07 Å². The number of ether oxygens (including phenoxy) is 1. The van der Waals surface area contributed by atoms with E-state index in [1.54, 1.807) is 31.2 Å². The highest BCUT2D eigenvalue weighted by molar-refractivity contribution is 9.10. The van der Waals surface area contributed by atoms with Crippen LogP contribution in [0.5, 0.6) is 0 Å². The van der Waals surface area contributed by atoms with Crippen LogP contribution in [0.3, 0.4) is 0 Å². The molecule has 0 aliphatic heterocycles. The van der Waals surface area contributed by atoms with Gasteiger partial charge in [0.1, 0.15) is 5.56 Å². The van der Waals surface area contributed by atoms with Crippen LogP contribution in [0.2, 0.25) is 0 Å². The Kier molecular flexibility index (Phi) is 5.36. The van der Waals surface area contributed by atoms with E-state index in [2.05, 4.69) is 26.2 Å². The average Bonchev–Trinajstić information content (AvgIpc) is 2.62. The first-order valence-corrected chi connectivity index (χ1v) is 8.79. The zero-order valence-electron chi connectivity index (χ0n) is 14.1. The molecule has 8 heteroatoms. The van der Waals surface area contributed by atoms with Crippen molar-refractivity contribution in [3.05, 3.63) is 64.3 Å². The molecule has 0 fully saturated rings. The van der Waals surface area contributed by atoms with Gasteiger partial charge in [0.2, 0.25) is 0 Å². The minimum Gasteiger partial charge on any atom is -0.462 e. The molecule has 0 aliphatic rings. The molecule has 2 aromatic carbocycles. The Morgan fingerprint density at radius 3 is 2.56 bits per heavy atom. The maximum atomic E-state index is 13.2. The summed E-state index contributed by atoms with van der Waals surface area (Å²) in [7, 11) is 0. The Morgan fingerprint density at radius 1 is 1.22 bits per heavy atom. The summed E-state index contributed by atoms with van der Waals surface area (Å²) in [4.78, 5) is 16.4. The number of anilines is 2. The van der Waals surface area contributed by atoms with Crippen molar-refractivity contribution in [3.63, 3.8) is 0 Å². The third-order valence-corrected chi connectivity index (χ3v) is 4.46. The molecule has 1 N–H and O–H groups in total. The van der Waals surface area contributed by atoms with Crippen LogP contribution in [0.4, 0.5) is 24.5 Å². The van der Waals surface area contributed by atoms with Gasteiger partial charge in [-0.05, 0) is 31.2 Å². The molecule has 140 valence electrons. The summed E-state index contributed by atoms with van der Waals surface area (Å²) in [6.07, 6.45) is -3.30. The van der Waals surface area contributed by atoms with Gasteiger partial charge in [0.05, 0.1) is 23.4 Å². The number of alkyl halides is 3. The topological polar surface area (TPSA) is 51.2 Å². The molecule has 0 radical (unpaired) electrons. The maximum Gasteiger partial charge on any atom is 0.417 e. The van der Waals surface area contributed by atoms with Gasteiger partial charge in [-0.2, -0.15) is 13.2 Å². The maximum absolute atomic E-state index is 13.2. The number of benzene rings is 2. The fourth-order valence-corrected chi connectivity index (χ4v) is 3.16. The molecular weight excluding hydrogens is 425 g/mol. The van der Waals surface area contributed by atoms with Crippen molar-refractivity contribution >= 4 is 44.2 Å². The fraction of sp³-hybridized carbons (Fsp3) is 0.158. The summed E-state index contributed by atoms with van der Waals surface area (Å²) in [6, 6.07) is 11.2. The van der Waals surface area contributed by atoms with Gasteiger partial charge in [-0.3, -0.25) is 4.98 Å². The number of hydrogen-bond donors (Lipinski definition) is 1. The van der Waals surface area contributed by atoms with Gasteiger partial charge in [-0.1, -0.05) is 34.1 Å². The largest absolute Gasteiger partial charge is 0.462 e. The molecule has 0 bridgehead atoms. The molecule has 0 spiro atoms. The lowest BCUT2D eigenvalue weighted by molar-refractivity contribution is -0.138. The zero-order valence-corrected chi connectivity index (χ0v) is 15.7. The lowest BCUT2D eigenvalue weighted by atomic mass is 10.1. The van der Waals surface area contributed by atoms with Crippen molar-refractivity contribution in [2.75, 3.05) is 11.9 Å². The number of nitrogens with zero attached hydrogens (tertiary/aromatic N) is 1. The van der Waals surface area contributed by atoms with Gasteiger partial charge in [0, 0.05) is 21.7 Å². The second kappa shape index (κ2) is 7.56. The summed E-state index contributed by atoms with van der Waals surface area (Å²) in [6.45, 7) is 1.83. The summed E-state index contributed by atoms with van der Waals surface area (Å²) >= 11 is 2.97. The van der Waals surface area contributed by atoms with E-state index in [9.17, 15) is 18.0 Å². The number of esters is 1. The number of carbonyl (C=O) groups is 1. The van der Waals surface area contributed by atoms with Crippen molar-refractivity contribution < 1.29 is 22.7 Å². The Labute approximate surface area is 161 Å². The van der Waals surface area contributed by atoms with Crippen molar-refractivity contribution in [2.24, 2.45) is 0 Å². The second-order valence-corrected chi connectivity index (χ2v) is 6.46. The lowest BCUT2D eigenvalue weighted by Gasteiger charge is -2.16. The molecule has 1 aromatic heterocycles. The van der Waals surface area contributed by atoms with Crippen LogP contribution < -0.4 is 5.32 Å². The first kappa shape index (κ1) is 19.2. The van der Waals surface area contributed by atoms with Crippen LogP contribution in [0, 0.1) is 0 Å². The smallest absolute Gasteiger partial charge is 0.417 e. The molecule has 1 heterocycles. The molecular formula is C19H14BrF3N2O2. The molecule has 3 rings (SSSR count). The number of para-hydroxylation sites is 1. The highest BCUT2D eigenvalue weighted by Crippen LogP contribution is 2.39. The minimum atomic E-state index is -4.53. The standard InChI is InChI=1S/C19H14BrF3N2O2/c1-2-27-18(26)13-10-24-16-9-14(19(21,22)23)15(20)8-12(16)17(13)25-11-6-4-3-5-7-11/h3-10H,2H2,1H3,(H,24,25). The molecule has 0 unspecified atom stereocenters. The number of nitrogens with one attached hydrogen (secondary N) is 1. The van der Waals surface area contributed by atoms with Gasteiger partial charge in [0.25, 0.3) is 0 Å². The van der Waals surface area contributed by atoms with Crippen LogP contribution in [0.1, 0.15) is 22.8 Å². The SMILES string of the molecule is CCOC(=O)c1cnc2cc(C(F)(F)F)c(Br)cc2c1Nc1ccccc1. The minimum absolute atomic E-state index is 0.108. The van der Waals surface area contributed by atoms with Gasteiger partial charge >= 0.3 is 12.1 Å². The number of fused-ring (bicyclic) bond motifs is 1. The quantitative estimate of drug-likeness (QED) is 0.512. The normalized spacial score (nSPS) is 11.4. The van der Waals surface area contributed by atoms with E-state index in [1.807, 2.05) is 6.07 Å². The molecule has 0 atom stereocenters. The Morgan fingerprint density at radius 2 is 1.93 bits per heavy atom. The van der Waals surface area contributed by atoms with Crippen molar-refractivity contribution in [2.45, 2.75) is 13.1 Å². The number of aromatic nitrogens is 1. The van der Waals surface area contributed by atoms with Crippen LogP contribution >= 0.6 is 15.9 Å². The summed E-state index contributed by atoms with van der Waals surface area (Å²) in [5.41, 5.74) is 0.416. The molecule has 0 saturated carbocycles. The molecule has 0 aliphatic carbocycles. The fourth-order valence-electron chi connectivity index (χ4n) is 2.59. The van der Waals surface area contributed by atoms with E-state index < -0.39 is 17.7 Å². The molecule has 27 heavy (non-hydrogen) atoms.